The van der Waals surface area contributed by atoms with Crippen molar-refractivity contribution in [1.82, 2.24) is 0 Å². The summed E-state index contributed by atoms with van der Waals surface area (Å²) in [7, 11) is 0. The Morgan fingerprint density at radius 3 is 2.56 bits per heavy atom. The van der Waals surface area contributed by atoms with Crippen LogP contribution in [0, 0.1) is 18.3 Å². The van der Waals surface area contributed by atoms with Gasteiger partial charge in [-0.1, -0.05) is 48.0 Å². The summed E-state index contributed by atoms with van der Waals surface area (Å²) in [5.41, 5.74) is 5.26. The normalized spacial score (nSPS) is 12.6. The third-order valence-electron chi connectivity index (χ3n) is 4.82. The van der Waals surface area contributed by atoms with Gasteiger partial charge in [0.25, 0.3) is 5.91 Å². The molecule has 0 atom stereocenters. The fraction of sp³-hybridized carbons (Fsp3) is 0.182. The first-order valence-corrected chi connectivity index (χ1v) is 8.52. The van der Waals surface area contributed by atoms with Crippen LogP contribution in [0.15, 0.2) is 54.6 Å². The second kappa shape index (κ2) is 6.07. The van der Waals surface area contributed by atoms with Crippen molar-refractivity contribution >= 4 is 22.4 Å². The molecule has 1 aliphatic heterocycles. The van der Waals surface area contributed by atoms with Gasteiger partial charge in [-0.05, 0) is 42.0 Å². The van der Waals surface area contributed by atoms with Crippen LogP contribution < -0.4 is 4.90 Å². The lowest BCUT2D eigenvalue weighted by molar-refractivity contribution is 0.0993. The molecule has 0 N–H and O–H groups in total. The Balaban J connectivity index is 1.86. The highest BCUT2D eigenvalue weighted by Gasteiger charge is 2.30. The summed E-state index contributed by atoms with van der Waals surface area (Å²) < 4.78 is 0. The molecule has 0 saturated heterocycles. The van der Waals surface area contributed by atoms with Crippen molar-refractivity contribution in [1.29, 1.82) is 5.26 Å². The van der Waals surface area contributed by atoms with Crippen molar-refractivity contribution in [2.75, 3.05) is 11.4 Å². The minimum absolute atomic E-state index is 0.0413. The maximum absolute atomic E-state index is 12.8. The van der Waals surface area contributed by atoms with Crippen LogP contribution in [0.3, 0.4) is 0 Å². The molecular weight excluding hydrogens is 308 g/mol. The topological polar surface area (TPSA) is 44.1 Å². The Bertz CT molecular complexity index is 1010. The number of aryl methyl sites for hydroxylation is 1. The minimum atomic E-state index is 0.0413. The number of hydrogen-bond donors (Lipinski definition) is 0. The van der Waals surface area contributed by atoms with E-state index in [-0.39, 0.29) is 5.91 Å². The van der Waals surface area contributed by atoms with Crippen LogP contribution in [0.2, 0.25) is 0 Å². The zero-order valence-electron chi connectivity index (χ0n) is 14.1. The Kier molecular flexibility index (Phi) is 3.74. The molecule has 0 bridgehead atoms. The van der Waals surface area contributed by atoms with Gasteiger partial charge in [0.1, 0.15) is 0 Å². The van der Waals surface area contributed by atoms with Crippen molar-refractivity contribution in [3.05, 3.63) is 65.7 Å². The molecule has 3 nitrogen and oxygen atoms in total. The first-order chi connectivity index (χ1) is 12.2. The molecule has 1 aliphatic rings. The highest BCUT2D eigenvalue weighted by Crippen LogP contribution is 2.41. The number of carbonyl (C=O) groups is 1. The monoisotopic (exact) mass is 326 g/mol. The maximum Gasteiger partial charge on any atom is 0.258 e. The van der Waals surface area contributed by atoms with Crippen LogP contribution in [0.1, 0.15) is 28.8 Å². The van der Waals surface area contributed by atoms with Crippen molar-refractivity contribution < 1.29 is 4.79 Å². The average Bonchev–Trinajstić information content (AvgIpc) is 2.91. The molecule has 0 fully saturated rings. The van der Waals surface area contributed by atoms with Crippen molar-refractivity contribution in [3.63, 3.8) is 0 Å². The number of hydrogen-bond acceptors (Lipinski definition) is 2. The average molecular weight is 326 g/mol. The zero-order chi connectivity index (χ0) is 17.4. The molecule has 4 rings (SSSR count). The quantitative estimate of drug-likeness (QED) is 0.628. The van der Waals surface area contributed by atoms with Crippen LogP contribution in [0.4, 0.5) is 5.69 Å². The number of benzene rings is 3. The van der Waals surface area contributed by atoms with Crippen molar-refractivity contribution in [3.8, 4) is 17.2 Å². The molecule has 3 heteroatoms. The molecule has 1 amide bonds. The first kappa shape index (κ1) is 15.4. The number of nitrogens with zero attached hydrogens (tertiary/aromatic N) is 2. The van der Waals surface area contributed by atoms with Crippen molar-refractivity contribution in [2.24, 2.45) is 0 Å². The molecule has 0 radical (unpaired) electrons. The number of unbranched alkanes of at least 4 members (excludes halogenated alkanes) is 1. The minimum Gasteiger partial charge on any atom is -0.308 e. The van der Waals surface area contributed by atoms with Gasteiger partial charge in [0.2, 0.25) is 0 Å². The largest absolute Gasteiger partial charge is 0.308 e. The van der Waals surface area contributed by atoms with Gasteiger partial charge in [0.15, 0.2) is 0 Å². The SMILES string of the molecule is Cc1ccc(-c2ccc3c4c(cccc24)C(=O)N3CCCC#N)cc1. The lowest BCUT2D eigenvalue weighted by atomic mass is 9.95. The molecular formula is C22H18N2O. The second-order valence-electron chi connectivity index (χ2n) is 6.44. The number of rotatable bonds is 4. The molecule has 0 unspecified atom stereocenters. The third kappa shape index (κ3) is 2.47. The van der Waals surface area contributed by atoms with Gasteiger partial charge in [-0.3, -0.25) is 4.79 Å². The molecule has 0 aromatic heterocycles. The number of nitriles is 1. The lowest BCUT2D eigenvalue weighted by Crippen LogP contribution is -2.27. The lowest BCUT2D eigenvalue weighted by Gasteiger charge is -2.17. The van der Waals surface area contributed by atoms with Crippen molar-refractivity contribution in [2.45, 2.75) is 19.8 Å². The van der Waals surface area contributed by atoms with E-state index in [0.29, 0.717) is 19.4 Å². The summed E-state index contributed by atoms with van der Waals surface area (Å²) in [6.07, 6.45) is 1.15. The summed E-state index contributed by atoms with van der Waals surface area (Å²) in [4.78, 5) is 14.6. The van der Waals surface area contributed by atoms with Crippen LogP contribution in [-0.2, 0) is 0 Å². The maximum atomic E-state index is 12.8. The molecule has 122 valence electrons. The standard InChI is InChI=1S/C22H18N2O/c1-15-7-9-16(10-8-15)17-11-12-20-21-18(17)5-4-6-19(21)22(25)24(20)14-3-2-13-23/h4-12H,2-3,14H2,1H3. The molecule has 3 aromatic carbocycles. The molecule has 25 heavy (non-hydrogen) atoms. The van der Waals surface area contributed by atoms with E-state index in [0.717, 1.165) is 33.2 Å². The van der Waals surface area contributed by atoms with Gasteiger partial charge in [0.05, 0.1) is 11.8 Å². The van der Waals surface area contributed by atoms with Crippen LogP contribution >= 0.6 is 0 Å². The summed E-state index contributed by atoms with van der Waals surface area (Å²) in [6, 6.07) is 20.7. The van der Waals surface area contributed by atoms with Gasteiger partial charge in [-0.25, -0.2) is 0 Å². The number of amides is 1. The third-order valence-corrected chi connectivity index (χ3v) is 4.82. The predicted molar refractivity (Wildman–Crippen MR) is 101 cm³/mol. The van der Waals surface area contributed by atoms with Gasteiger partial charge >= 0.3 is 0 Å². The van der Waals surface area contributed by atoms with Crippen LogP contribution in [0.5, 0.6) is 0 Å². The highest BCUT2D eigenvalue weighted by atomic mass is 16.2. The van der Waals surface area contributed by atoms with E-state index in [9.17, 15) is 4.79 Å². The Morgan fingerprint density at radius 2 is 1.80 bits per heavy atom. The highest BCUT2D eigenvalue weighted by molar-refractivity contribution is 6.26. The Labute approximate surface area is 147 Å². The molecule has 3 aromatic rings. The summed E-state index contributed by atoms with van der Waals surface area (Å²) in [6.45, 7) is 2.66. The van der Waals surface area contributed by atoms with Gasteiger partial charge in [0, 0.05) is 23.9 Å². The summed E-state index contributed by atoms with van der Waals surface area (Å²) in [5, 5.41) is 10.9. The van der Waals surface area contributed by atoms with E-state index in [1.165, 1.54) is 5.56 Å². The fourth-order valence-corrected chi connectivity index (χ4v) is 3.57. The van der Waals surface area contributed by atoms with E-state index < -0.39 is 0 Å². The van der Waals surface area contributed by atoms with E-state index in [1.54, 1.807) is 0 Å². The Morgan fingerprint density at radius 1 is 1.00 bits per heavy atom. The van der Waals surface area contributed by atoms with E-state index in [1.807, 2.05) is 23.1 Å². The number of carbonyl (C=O) groups excluding carboxylic acids is 1. The summed E-state index contributed by atoms with van der Waals surface area (Å²) >= 11 is 0. The second-order valence-corrected chi connectivity index (χ2v) is 6.44. The first-order valence-electron chi connectivity index (χ1n) is 8.52. The van der Waals surface area contributed by atoms with Gasteiger partial charge in [-0.15, -0.1) is 0 Å². The summed E-state index contributed by atoms with van der Waals surface area (Å²) in [5.74, 6) is 0.0413. The van der Waals surface area contributed by atoms with E-state index in [2.05, 4.69) is 49.4 Å². The molecule has 0 saturated carbocycles. The molecule has 0 spiro atoms. The van der Waals surface area contributed by atoms with Gasteiger partial charge in [-0.2, -0.15) is 5.26 Å². The van der Waals surface area contributed by atoms with E-state index >= 15 is 0 Å². The number of anilines is 1. The Hall–Kier alpha value is -3.12. The molecule has 1 heterocycles. The van der Waals surface area contributed by atoms with Crippen LogP contribution in [-0.4, -0.2) is 12.5 Å². The fourth-order valence-electron chi connectivity index (χ4n) is 3.57. The zero-order valence-corrected chi connectivity index (χ0v) is 14.1. The van der Waals surface area contributed by atoms with E-state index in [4.69, 9.17) is 5.26 Å². The molecule has 0 aliphatic carbocycles. The predicted octanol–water partition coefficient (Wildman–Crippen LogP) is 5.08. The van der Waals surface area contributed by atoms with Crippen LogP contribution in [0.25, 0.3) is 21.9 Å². The van der Waals surface area contributed by atoms with Gasteiger partial charge < -0.3 is 4.90 Å². The smallest absolute Gasteiger partial charge is 0.258 e.